The molecule has 0 spiro atoms. The highest BCUT2D eigenvalue weighted by Gasteiger charge is 2.20. The van der Waals surface area contributed by atoms with Crippen LogP contribution in [0.15, 0.2) is 23.7 Å². The molecular formula is C13H16N4O3S. The summed E-state index contributed by atoms with van der Waals surface area (Å²) in [5.41, 5.74) is 0.214. The van der Waals surface area contributed by atoms with E-state index in [2.05, 4.69) is 10.3 Å². The highest BCUT2D eigenvalue weighted by molar-refractivity contribution is 7.09. The fraction of sp³-hybridized carbons (Fsp3) is 0.385. The summed E-state index contributed by atoms with van der Waals surface area (Å²) >= 11 is 1.60. The van der Waals surface area contributed by atoms with Crippen LogP contribution in [0.3, 0.4) is 0 Å². The molecular weight excluding hydrogens is 292 g/mol. The zero-order valence-electron chi connectivity index (χ0n) is 11.8. The molecule has 0 aromatic carbocycles. The highest BCUT2D eigenvalue weighted by Crippen LogP contribution is 2.10. The zero-order valence-corrected chi connectivity index (χ0v) is 12.6. The Balaban J connectivity index is 1.99. The lowest BCUT2D eigenvalue weighted by molar-refractivity contribution is -0.141. The molecule has 112 valence electrons. The Bertz CT molecular complexity index is 623. The van der Waals surface area contributed by atoms with Gasteiger partial charge in [0.05, 0.1) is 18.7 Å². The molecule has 1 unspecified atom stereocenters. The van der Waals surface area contributed by atoms with Crippen LogP contribution in [0.4, 0.5) is 0 Å². The minimum Gasteiger partial charge on any atom is -0.481 e. The van der Waals surface area contributed by atoms with Crippen LogP contribution in [0.1, 0.15) is 22.3 Å². The lowest BCUT2D eigenvalue weighted by Crippen LogP contribution is -2.33. The number of carboxylic acids is 1. The van der Waals surface area contributed by atoms with Gasteiger partial charge in [-0.1, -0.05) is 18.2 Å². The van der Waals surface area contributed by atoms with Crippen LogP contribution in [-0.4, -0.2) is 50.5 Å². The van der Waals surface area contributed by atoms with Crippen molar-refractivity contribution in [1.82, 2.24) is 19.9 Å². The van der Waals surface area contributed by atoms with Crippen LogP contribution < -0.4 is 0 Å². The number of carbonyl (C=O) groups excluding carboxylic acids is 1. The topological polar surface area (TPSA) is 88.3 Å². The second kappa shape index (κ2) is 6.49. The van der Waals surface area contributed by atoms with Gasteiger partial charge in [-0.15, -0.1) is 16.4 Å². The van der Waals surface area contributed by atoms with Crippen molar-refractivity contribution in [3.8, 4) is 0 Å². The van der Waals surface area contributed by atoms with Gasteiger partial charge in [-0.3, -0.25) is 9.59 Å². The molecule has 0 saturated carbocycles. The van der Waals surface area contributed by atoms with E-state index < -0.39 is 11.9 Å². The predicted octanol–water partition coefficient (Wildman–Crippen LogP) is 1.18. The molecule has 0 aliphatic heterocycles. The van der Waals surface area contributed by atoms with Crippen molar-refractivity contribution in [1.29, 1.82) is 0 Å². The van der Waals surface area contributed by atoms with Crippen LogP contribution >= 0.6 is 11.3 Å². The first kappa shape index (κ1) is 15.2. The summed E-state index contributed by atoms with van der Waals surface area (Å²) in [4.78, 5) is 25.4. The third-order valence-corrected chi connectivity index (χ3v) is 3.83. The number of rotatable bonds is 6. The van der Waals surface area contributed by atoms with Crippen molar-refractivity contribution in [2.45, 2.75) is 13.5 Å². The van der Waals surface area contributed by atoms with Gasteiger partial charge in [0.1, 0.15) is 0 Å². The number of hydrogen-bond donors (Lipinski definition) is 1. The van der Waals surface area contributed by atoms with Gasteiger partial charge in [0.25, 0.3) is 5.91 Å². The molecule has 1 atom stereocenters. The first-order valence-electron chi connectivity index (χ1n) is 6.38. The number of nitrogens with zero attached hydrogens (tertiary/aromatic N) is 4. The van der Waals surface area contributed by atoms with Crippen LogP contribution in [-0.2, 0) is 11.3 Å². The number of carbonyl (C=O) groups is 2. The summed E-state index contributed by atoms with van der Waals surface area (Å²) in [5.74, 6) is -1.89. The van der Waals surface area contributed by atoms with E-state index in [9.17, 15) is 9.59 Å². The highest BCUT2D eigenvalue weighted by atomic mass is 32.1. The van der Waals surface area contributed by atoms with Crippen molar-refractivity contribution in [3.05, 3.63) is 34.3 Å². The predicted molar refractivity (Wildman–Crippen MR) is 77.2 cm³/mol. The number of amides is 1. The fourth-order valence-corrected chi connectivity index (χ4v) is 2.50. The maximum Gasteiger partial charge on any atom is 0.308 e. The zero-order chi connectivity index (χ0) is 15.4. The van der Waals surface area contributed by atoms with Crippen LogP contribution in [0.5, 0.6) is 0 Å². The van der Waals surface area contributed by atoms with Crippen molar-refractivity contribution in [2.24, 2.45) is 5.92 Å². The molecule has 7 nitrogen and oxygen atoms in total. The average molecular weight is 308 g/mol. The fourth-order valence-electron chi connectivity index (χ4n) is 1.80. The number of hydrogen-bond acceptors (Lipinski definition) is 5. The molecule has 8 heteroatoms. The monoisotopic (exact) mass is 308 g/mol. The number of aliphatic carboxylic acids is 1. The van der Waals surface area contributed by atoms with Gasteiger partial charge >= 0.3 is 5.97 Å². The minimum atomic E-state index is -0.934. The van der Waals surface area contributed by atoms with Gasteiger partial charge in [-0.2, -0.15) is 0 Å². The number of carboxylic acid groups (broad SMARTS) is 1. The quantitative estimate of drug-likeness (QED) is 0.865. The van der Waals surface area contributed by atoms with Crippen molar-refractivity contribution in [3.63, 3.8) is 0 Å². The molecule has 2 heterocycles. The van der Waals surface area contributed by atoms with E-state index in [0.717, 1.165) is 4.88 Å². The molecule has 21 heavy (non-hydrogen) atoms. The Kier molecular flexibility index (Phi) is 4.69. The van der Waals surface area contributed by atoms with Gasteiger partial charge in [-0.05, 0) is 11.4 Å². The lowest BCUT2D eigenvalue weighted by atomic mass is 10.2. The normalized spacial score (nSPS) is 12.1. The van der Waals surface area contributed by atoms with Crippen molar-refractivity contribution < 1.29 is 14.7 Å². The van der Waals surface area contributed by atoms with Crippen LogP contribution in [0, 0.1) is 5.92 Å². The van der Waals surface area contributed by atoms with E-state index in [1.165, 1.54) is 4.90 Å². The van der Waals surface area contributed by atoms with E-state index in [4.69, 9.17) is 5.11 Å². The third-order valence-electron chi connectivity index (χ3n) is 2.97. The smallest absolute Gasteiger partial charge is 0.308 e. The summed E-state index contributed by atoms with van der Waals surface area (Å²) in [7, 11) is 1.56. The number of aromatic nitrogens is 3. The van der Waals surface area contributed by atoms with Crippen LogP contribution in [0.25, 0.3) is 0 Å². The Morgan fingerprint density at radius 1 is 1.52 bits per heavy atom. The first-order chi connectivity index (χ1) is 9.97. The standard InChI is InChI=1S/C13H16N4O3S/c1-9(13(19)20)6-16(2)12(18)11-8-17(15-14-11)7-10-4-3-5-21-10/h3-5,8-9H,6-7H2,1-2H3,(H,19,20). The van der Waals surface area contributed by atoms with Gasteiger partial charge in [0, 0.05) is 18.5 Å². The lowest BCUT2D eigenvalue weighted by Gasteiger charge is -2.17. The summed E-state index contributed by atoms with van der Waals surface area (Å²) in [5, 5.41) is 18.6. The largest absolute Gasteiger partial charge is 0.481 e. The van der Waals surface area contributed by atoms with E-state index in [-0.39, 0.29) is 18.1 Å². The minimum absolute atomic E-state index is 0.131. The van der Waals surface area contributed by atoms with Crippen LogP contribution in [0.2, 0.25) is 0 Å². The van der Waals surface area contributed by atoms with Gasteiger partial charge in [-0.25, -0.2) is 4.68 Å². The Morgan fingerprint density at radius 2 is 2.29 bits per heavy atom. The molecule has 0 bridgehead atoms. The van der Waals surface area contributed by atoms with E-state index >= 15 is 0 Å². The Labute approximate surface area is 125 Å². The summed E-state index contributed by atoms with van der Waals surface area (Å²) in [6, 6.07) is 3.93. The third kappa shape index (κ3) is 3.88. The maximum absolute atomic E-state index is 12.1. The second-order valence-electron chi connectivity index (χ2n) is 4.81. The first-order valence-corrected chi connectivity index (χ1v) is 7.26. The molecule has 0 saturated heterocycles. The summed E-state index contributed by atoms with van der Waals surface area (Å²) in [6.45, 7) is 2.25. The molecule has 0 fully saturated rings. The molecule has 2 aromatic heterocycles. The van der Waals surface area contributed by atoms with E-state index in [0.29, 0.717) is 6.54 Å². The molecule has 0 aliphatic rings. The SMILES string of the molecule is CC(CN(C)C(=O)c1cn(Cc2cccs2)nn1)C(=O)O. The molecule has 1 amide bonds. The van der Waals surface area contributed by atoms with Gasteiger partial charge < -0.3 is 10.0 Å². The second-order valence-corrected chi connectivity index (χ2v) is 5.84. The molecule has 1 N–H and O–H groups in total. The Morgan fingerprint density at radius 3 is 2.90 bits per heavy atom. The number of thiophene rings is 1. The average Bonchev–Trinajstić information content (AvgIpc) is 3.09. The summed E-state index contributed by atoms with van der Waals surface area (Å²) in [6.07, 6.45) is 1.57. The molecule has 0 aliphatic carbocycles. The van der Waals surface area contributed by atoms with Crippen molar-refractivity contribution in [2.75, 3.05) is 13.6 Å². The Hall–Kier alpha value is -2.22. The molecule has 0 radical (unpaired) electrons. The van der Waals surface area contributed by atoms with E-state index in [1.807, 2.05) is 17.5 Å². The van der Waals surface area contributed by atoms with Crippen molar-refractivity contribution >= 4 is 23.2 Å². The molecule has 2 aromatic rings. The maximum atomic E-state index is 12.1. The van der Waals surface area contributed by atoms with Gasteiger partial charge in [0.15, 0.2) is 5.69 Å². The summed E-state index contributed by atoms with van der Waals surface area (Å²) < 4.78 is 1.59. The van der Waals surface area contributed by atoms with Gasteiger partial charge in [0.2, 0.25) is 0 Å². The van der Waals surface area contributed by atoms with E-state index in [1.54, 1.807) is 36.2 Å². The molecule has 2 rings (SSSR count).